The number of carbonyl (C=O) groups is 1. The van der Waals surface area contributed by atoms with Crippen LogP contribution < -0.4 is 4.74 Å². The number of hydrogen-bond acceptors (Lipinski definition) is 2. The second kappa shape index (κ2) is 4.42. The van der Waals surface area contributed by atoms with Gasteiger partial charge in [0.25, 0.3) is 0 Å². The molecular weight excluding hydrogens is 232 g/mol. The van der Waals surface area contributed by atoms with Gasteiger partial charge in [-0.2, -0.15) is 0 Å². The molecule has 70 valence electrons. The summed E-state index contributed by atoms with van der Waals surface area (Å²) in [6.07, 6.45) is 0.845. The van der Waals surface area contributed by atoms with Crippen molar-refractivity contribution in [3.63, 3.8) is 0 Å². The highest BCUT2D eigenvalue weighted by Gasteiger charge is 2.11. The topological polar surface area (TPSA) is 26.3 Å². The molecule has 1 atom stereocenters. The van der Waals surface area contributed by atoms with Crippen LogP contribution in [0.25, 0.3) is 0 Å². The smallest absolute Gasteiger partial charge is 0.138 e. The highest BCUT2D eigenvalue weighted by atomic mass is 79.9. The number of ether oxygens (including phenoxy) is 1. The average molecular weight is 243 g/mol. The van der Waals surface area contributed by atoms with Gasteiger partial charge in [0.2, 0.25) is 0 Å². The van der Waals surface area contributed by atoms with Crippen LogP contribution in [0, 0.1) is 6.92 Å². The molecule has 1 aromatic rings. The first-order chi connectivity index (χ1) is 6.19. The summed E-state index contributed by atoms with van der Waals surface area (Å²) >= 11 is 3.26. The standard InChI is InChI=1S/C10H11BrO2/c1-7-3-4-10(13-2)8(5-7)9(11)6-12/h3-6,9H,1-2H3. The molecule has 1 aromatic carbocycles. The third kappa shape index (κ3) is 2.31. The molecule has 0 aromatic heterocycles. The molecule has 0 spiro atoms. The maximum atomic E-state index is 10.6. The van der Waals surface area contributed by atoms with E-state index in [1.807, 2.05) is 25.1 Å². The van der Waals surface area contributed by atoms with E-state index in [1.54, 1.807) is 7.11 Å². The molecule has 0 saturated heterocycles. The molecule has 0 fully saturated rings. The zero-order valence-electron chi connectivity index (χ0n) is 7.58. The monoisotopic (exact) mass is 242 g/mol. The summed E-state index contributed by atoms with van der Waals surface area (Å²) in [5, 5.41) is 0. The van der Waals surface area contributed by atoms with Crippen LogP contribution in [0.15, 0.2) is 18.2 Å². The van der Waals surface area contributed by atoms with Gasteiger partial charge in [0.15, 0.2) is 0 Å². The molecule has 0 aliphatic heterocycles. The van der Waals surface area contributed by atoms with Gasteiger partial charge in [-0.3, -0.25) is 0 Å². The first kappa shape index (κ1) is 10.3. The predicted octanol–water partition coefficient (Wildman–Crippen LogP) is 2.64. The molecule has 0 bridgehead atoms. The third-order valence-corrected chi connectivity index (χ3v) is 2.51. The second-order valence-electron chi connectivity index (χ2n) is 2.78. The fourth-order valence-electron chi connectivity index (χ4n) is 1.14. The Bertz CT molecular complexity index is 310. The van der Waals surface area contributed by atoms with E-state index in [0.717, 1.165) is 23.2 Å². The van der Waals surface area contributed by atoms with Gasteiger partial charge in [0.05, 0.1) is 11.9 Å². The van der Waals surface area contributed by atoms with E-state index in [1.165, 1.54) is 0 Å². The van der Waals surface area contributed by atoms with E-state index < -0.39 is 0 Å². The number of halogens is 1. The lowest BCUT2D eigenvalue weighted by molar-refractivity contribution is -0.107. The van der Waals surface area contributed by atoms with Crippen LogP contribution >= 0.6 is 15.9 Å². The third-order valence-electron chi connectivity index (χ3n) is 1.80. The van der Waals surface area contributed by atoms with E-state index >= 15 is 0 Å². The fourth-order valence-corrected chi connectivity index (χ4v) is 1.50. The Labute approximate surface area is 86.0 Å². The molecule has 2 nitrogen and oxygen atoms in total. The Morgan fingerprint density at radius 1 is 1.54 bits per heavy atom. The first-order valence-electron chi connectivity index (χ1n) is 3.93. The maximum Gasteiger partial charge on any atom is 0.138 e. The molecular formula is C10H11BrO2. The van der Waals surface area contributed by atoms with Gasteiger partial charge in [-0.05, 0) is 13.0 Å². The van der Waals surface area contributed by atoms with Gasteiger partial charge in [-0.15, -0.1) is 0 Å². The van der Waals surface area contributed by atoms with Crippen LogP contribution in [0.5, 0.6) is 5.75 Å². The molecule has 1 rings (SSSR count). The predicted molar refractivity (Wildman–Crippen MR) is 55.5 cm³/mol. The molecule has 0 aliphatic rings. The van der Waals surface area contributed by atoms with E-state index in [4.69, 9.17) is 4.74 Å². The minimum atomic E-state index is -0.289. The molecule has 1 unspecified atom stereocenters. The minimum absolute atomic E-state index is 0.289. The van der Waals surface area contributed by atoms with Gasteiger partial charge >= 0.3 is 0 Å². The number of hydrogen-bond donors (Lipinski definition) is 0. The van der Waals surface area contributed by atoms with Crippen molar-refractivity contribution in [3.05, 3.63) is 29.3 Å². The summed E-state index contributed by atoms with van der Waals surface area (Å²) in [7, 11) is 1.60. The zero-order valence-corrected chi connectivity index (χ0v) is 9.17. The van der Waals surface area contributed by atoms with Gasteiger partial charge in [0.1, 0.15) is 12.0 Å². The average Bonchev–Trinajstić information content (AvgIpc) is 2.16. The molecule has 3 heteroatoms. The van der Waals surface area contributed by atoms with Crippen LogP contribution in [0.4, 0.5) is 0 Å². The van der Waals surface area contributed by atoms with Crippen molar-refractivity contribution < 1.29 is 9.53 Å². The van der Waals surface area contributed by atoms with Crippen molar-refractivity contribution >= 4 is 22.2 Å². The summed E-state index contributed by atoms with van der Waals surface area (Å²) in [6.45, 7) is 1.98. The van der Waals surface area contributed by atoms with Crippen LogP contribution in [0.3, 0.4) is 0 Å². The molecule has 0 aliphatic carbocycles. The summed E-state index contributed by atoms with van der Waals surface area (Å²) in [6, 6.07) is 5.75. The van der Waals surface area contributed by atoms with Crippen LogP contribution in [0.2, 0.25) is 0 Å². The van der Waals surface area contributed by atoms with Crippen LogP contribution in [-0.4, -0.2) is 13.4 Å². The molecule has 0 saturated carbocycles. The molecule has 0 heterocycles. The normalized spacial score (nSPS) is 12.2. The number of carbonyl (C=O) groups excluding carboxylic acids is 1. The number of methoxy groups -OCH3 is 1. The Morgan fingerprint density at radius 3 is 2.77 bits per heavy atom. The zero-order chi connectivity index (χ0) is 9.84. The molecule has 0 N–H and O–H groups in total. The minimum Gasteiger partial charge on any atom is -0.496 e. The largest absolute Gasteiger partial charge is 0.496 e. The second-order valence-corrected chi connectivity index (χ2v) is 3.77. The SMILES string of the molecule is COc1ccc(C)cc1C(Br)C=O. The Kier molecular flexibility index (Phi) is 3.48. The number of aldehydes is 1. The highest BCUT2D eigenvalue weighted by Crippen LogP contribution is 2.30. The number of aryl methyl sites for hydroxylation is 1. The highest BCUT2D eigenvalue weighted by molar-refractivity contribution is 9.09. The Balaban J connectivity index is 3.14. The lowest BCUT2D eigenvalue weighted by Gasteiger charge is -2.10. The molecule has 13 heavy (non-hydrogen) atoms. The summed E-state index contributed by atoms with van der Waals surface area (Å²) in [5.41, 5.74) is 1.99. The molecule has 0 radical (unpaired) electrons. The van der Waals surface area contributed by atoms with Crippen molar-refractivity contribution in [2.45, 2.75) is 11.8 Å². The lowest BCUT2D eigenvalue weighted by atomic mass is 10.1. The Morgan fingerprint density at radius 2 is 2.23 bits per heavy atom. The van der Waals surface area contributed by atoms with E-state index in [-0.39, 0.29) is 4.83 Å². The Hall–Kier alpha value is -0.830. The quantitative estimate of drug-likeness (QED) is 0.602. The van der Waals surface area contributed by atoms with E-state index in [2.05, 4.69) is 15.9 Å². The van der Waals surface area contributed by atoms with Gasteiger partial charge < -0.3 is 9.53 Å². The lowest BCUT2D eigenvalue weighted by Crippen LogP contribution is -1.96. The van der Waals surface area contributed by atoms with Crippen molar-refractivity contribution in [2.75, 3.05) is 7.11 Å². The van der Waals surface area contributed by atoms with E-state index in [0.29, 0.717) is 0 Å². The number of benzene rings is 1. The van der Waals surface area contributed by atoms with Gasteiger partial charge in [0, 0.05) is 5.56 Å². The van der Waals surface area contributed by atoms with Crippen molar-refractivity contribution in [1.29, 1.82) is 0 Å². The van der Waals surface area contributed by atoms with Crippen molar-refractivity contribution in [1.82, 2.24) is 0 Å². The fraction of sp³-hybridized carbons (Fsp3) is 0.300. The summed E-state index contributed by atoms with van der Waals surface area (Å²) < 4.78 is 5.13. The number of alkyl halides is 1. The summed E-state index contributed by atoms with van der Waals surface area (Å²) in [5.74, 6) is 0.736. The van der Waals surface area contributed by atoms with E-state index in [9.17, 15) is 4.79 Å². The van der Waals surface area contributed by atoms with Crippen molar-refractivity contribution in [3.8, 4) is 5.75 Å². The van der Waals surface area contributed by atoms with Gasteiger partial charge in [-0.25, -0.2) is 0 Å². The summed E-state index contributed by atoms with van der Waals surface area (Å²) in [4.78, 5) is 10.3. The van der Waals surface area contributed by atoms with Crippen molar-refractivity contribution in [2.24, 2.45) is 0 Å². The van der Waals surface area contributed by atoms with Crippen LogP contribution in [0.1, 0.15) is 16.0 Å². The van der Waals surface area contributed by atoms with Gasteiger partial charge in [-0.1, -0.05) is 33.6 Å². The first-order valence-corrected chi connectivity index (χ1v) is 4.84. The van der Waals surface area contributed by atoms with Crippen LogP contribution in [-0.2, 0) is 4.79 Å². The maximum absolute atomic E-state index is 10.6. The molecule has 0 amide bonds. The number of rotatable bonds is 3.